The summed E-state index contributed by atoms with van der Waals surface area (Å²) in [6.07, 6.45) is 4.88. The molecule has 0 unspecified atom stereocenters. The van der Waals surface area contributed by atoms with E-state index in [-0.39, 0.29) is 42.8 Å². The molecule has 1 saturated carbocycles. The van der Waals surface area contributed by atoms with Crippen LogP contribution in [0.25, 0.3) is 11.1 Å². The van der Waals surface area contributed by atoms with Crippen LogP contribution in [0.3, 0.4) is 0 Å². The maximum Gasteiger partial charge on any atom is 0.410 e. The average molecular weight is 602 g/mol. The fourth-order valence-corrected chi connectivity index (χ4v) is 4.96. The molecule has 3 N–H and O–H groups in total. The Hall–Kier alpha value is -5.19. The number of ether oxygens (including phenoxy) is 2. The van der Waals surface area contributed by atoms with Crippen molar-refractivity contribution in [2.45, 2.75) is 51.2 Å². The fourth-order valence-electron chi connectivity index (χ4n) is 4.96. The number of methoxy groups -OCH3 is 1. The van der Waals surface area contributed by atoms with Crippen LogP contribution in [0.2, 0.25) is 0 Å². The van der Waals surface area contributed by atoms with Gasteiger partial charge in [-0.05, 0) is 39.7 Å². The highest BCUT2D eigenvalue weighted by Gasteiger charge is 2.49. The quantitative estimate of drug-likeness (QED) is 0.328. The second-order valence-corrected chi connectivity index (χ2v) is 11.9. The number of amides is 3. The molecule has 230 valence electrons. The highest BCUT2D eigenvalue weighted by atomic mass is 16.6. The van der Waals surface area contributed by atoms with Crippen LogP contribution in [-0.4, -0.2) is 75.6 Å². The number of benzene rings is 1. The highest BCUT2D eigenvalue weighted by Crippen LogP contribution is 2.40. The van der Waals surface area contributed by atoms with E-state index < -0.39 is 23.1 Å². The van der Waals surface area contributed by atoms with E-state index in [0.717, 1.165) is 18.4 Å². The van der Waals surface area contributed by atoms with E-state index in [2.05, 4.69) is 37.3 Å². The van der Waals surface area contributed by atoms with Gasteiger partial charge in [0.25, 0.3) is 5.91 Å². The van der Waals surface area contributed by atoms with Crippen molar-refractivity contribution in [3.63, 3.8) is 0 Å². The standard InChI is InChI=1S/C30H35N9O5/c1-29(2,3)44-28(42)38-16-30(17-38,11-12-31)39-15-19(14-33-39)20-7-6-8-21(25(20)43-5)34-22-13-23(35-26(40)18-9-10-18)36-37-24(22)27(41)32-4/h6-8,13-15,18H,9-11,16-17H2,1-5H3,(H,32,41)(H2,34,35,36,40). The summed E-state index contributed by atoms with van der Waals surface area (Å²) in [6, 6.07) is 9.25. The molecule has 2 aromatic heterocycles. The zero-order chi connectivity index (χ0) is 31.6. The largest absolute Gasteiger partial charge is 0.494 e. The maximum absolute atomic E-state index is 12.6. The van der Waals surface area contributed by atoms with Crippen molar-refractivity contribution in [3.05, 3.63) is 42.4 Å². The topological polar surface area (TPSA) is 176 Å². The summed E-state index contributed by atoms with van der Waals surface area (Å²) in [5.74, 6) is 0.0625. The molecule has 1 aliphatic heterocycles. The average Bonchev–Trinajstić information content (AvgIpc) is 3.70. The van der Waals surface area contributed by atoms with E-state index in [4.69, 9.17) is 9.47 Å². The van der Waals surface area contributed by atoms with Crippen LogP contribution in [0, 0.1) is 17.2 Å². The molecule has 0 bridgehead atoms. The SMILES string of the molecule is CNC(=O)c1nnc(NC(=O)C2CC2)cc1Nc1cccc(-c2cnn(C3(CC#N)CN(C(=O)OC(C)(C)C)C3)c2)c1OC. The summed E-state index contributed by atoms with van der Waals surface area (Å²) in [6.45, 7) is 5.98. The van der Waals surface area contributed by atoms with Crippen molar-refractivity contribution in [2.75, 3.05) is 37.9 Å². The third-order valence-electron chi connectivity index (χ3n) is 7.33. The van der Waals surface area contributed by atoms with Gasteiger partial charge in [0.1, 0.15) is 16.9 Å². The number of hydrogen-bond acceptors (Lipinski definition) is 10. The summed E-state index contributed by atoms with van der Waals surface area (Å²) in [5.41, 5.74) is 0.983. The predicted octanol–water partition coefficient (Wildman–Crippen LogP) is 3.66. The number of hydrogen-bond donors (Lipinski definition) is 3. The van der Waals surface area contributed by atoms with Gasteiger partial charge < -0.3 is 30.3 Å². The van der Waals surface area contributed by atoms with Gasteiger partial charge in [-0.3, -0.25) is 14.3 Å². The lowest BCUT2D eigenvalue weighted by Gasteiger charge is -2.48. The van der Waals surface area contributed by atoms with Crippen LogP contribution in [0.1, 0.15) is 50.5 Å². The number of carbonyl (C=O) groups excluding carboxylic acids is 3. The molecule has 3 heterocycles. The second-order valence-electron chi connectivity index (χ2n) is 11.9. The number of para-hydroxylation sites is 1. The zero-order valence-electron chi connectivity index (χ0n) is 25.3. The Morgan fingerprint density at radius 1 is 1.16 bits per heavy atom. The van der Waals surface area contributed by atoms with Gasteiger partial charge >= 0.3 is 6.09 Å². The lowest BCUT2D eigenvalue weighted by atomic mass is 9.87. The minimum absolute atomic E-state index is 0.0304. The molecule has 44 heavy (non-hydrogen) atoms. The molecule has 1 aliphatic carbocycles. The van der Waals surface area contributed by atoms with Gasteiger partial charge in [-0.2, -0.15) is 10.4 Å². The number of nitrogens with zero attached hydrogens (tertiary/aromatic N) is 6. The Labute approximate surface area is 254 Å². The van der Waals surface area contributed by atoms with E-state index in [1.165, 1.54) is 14.2 Å². The van der Waals surface area contributed by atoms with Crippen LogP contribution >= 0.6 is 0 Å². The fraction of sp³-hybridized carbons (Fsp3) is 0.433. The molecule has 2 fully saturated rings. The molecule has 3 aromatic rings. The normalized spacial score (nSPS) is 15.4. The van der Waals surface area contributed by atoms with Gasteiger partial charge in [-0.25, -0.2) is 4.79 Å². The molecule has 2 aliphatic rings. The number of anilines is 3. The number of carbonyl (C=O) groups is 3. The Morgan fingerprint density at radius 2 is 1.91 bits per heavy atom. The van der Waals surface area contributed by atoms with Crippen molar-refractivity contribution in [2.24, 2.45) is 5.92 Å². The third kappa shape index (κ3) is 6.26. The molecule has 14 heteroatoms. The lowest BCUT2D eigenvalue weighted by Crippen LogP contribution is -2.64. The zero-order valence-corrected chi connectivity index (χ0v) is 25.3. The van der Waals surface area contributed by atoms with Crippen LogP contribution in [0.5, 0.6) is 5.75 Å². The van der Waals surface area contributed by atoms with Crippen LogP contribution in [0.15, 0.2) is 36.7 Å². The van der Waals surface area contributed by atoms with Gasteiger partial charge in [-0.1, -0.05) is 12.1 Å². The Morgan fingerprint density at radius 3 is 2.55 bits per heavy atom. The summed E-state index contributed by atoms with van der Waals surface area (Å²) >= 11 is 0. The molecular formula is C30H35N9O5. The lowest BCUT2D eigenvalue weighted by molar-refractivity contribution is -0.117. The summed E-state index contributed by atoms with van der Waals surface area (Å²) in [4.78, 5) is 39.0. The van der Waals surface area contributed by atoms with E-state index in [1.807, 2.05) is 18.3 Å². The second kappa shape index (κ2) is 11.8. The third-order valence-corrected chi connectivity index (χ3v) is 7.33. The first-order chi connectivity index (χ1) is 21.0. The summed E-state index contributed by atoms with van der Waals surface area (Å²) in [5, 5.41) is 30.8. The van der Waals surface area contributed by atoms with Crippen LogP contribution in [0.4, 0.5) is 22.0 Å². The Kier molecular flexibility index (Phi) is 8.14. The summed E-state index contributed by atoms with van der Waals surface area (Å²) in [7, 11) is 3.02. The monoisotopic (exact) mass is 601 g/mol. The molecule has 5 rings (SSSR count). The number of nitriles is 1. The number of aromatic nitrogens is 4. The Balaban J connectivity index is 1.42. The maximum atomic E-state index is 12.6. The van der Waals surface area contributed by atoms with Gasteiger partial charge in [-0.15, -0.1) is 10.2 Å². The Bertz CT molecular complexity index is 1630. The first kappa shape index (κ1) is 30.3. The van der Waals surface area contributed by atoms with Crippen molar-refractivity contribution >= 4 is 35.1 Å². The van der Waals surface area contributed by atoms with Crippen molar-refractivity contribution in [1.82, 2.24) is 30.2 Å². The van der Waals surface area contributed by atoms with Gasteiger partial charge in [0.2, 0.25) is 5.91 Å². The van der Waals surface area contributed by atoms with Crippen molar-refractivity contribution < 1.29 is 23.9 Å². The minimum atomic E-state index is -0.695. The number of nitrogens with one attached hydrogen (secondary N) is 3. The molecular weight excluding hydrogens is 566 g/mol. The van der Waals surface area contributed by atoms with Crippen LogP contribution < -0.4 is 20.7 Å². The predicted molar refractivity (Wildman–Crippen MR) is 160 cm³/mol. The van der Waals surface area contributed by atoms with E-state index in [1.54, 1.807) is 48.7 Å². The first-order valence-electron chi connectivity index (χ1n) is 14.2. The van der Waals surface area contributed by atoms with E-state index >= 15 is 0 Å². The first-order valence-corrected chi connectivity index (χ1v) is 14.2. The summed E-state index contributed by atoms with van der Waals surface area (Å²) < 4.78 is 13.0. The molecule has 14 nitrogen and oxygen atoms in total. The van der Waals surface area contributed by atoms with E-state index in [9.17, 15) is 19.6 Å². The highest BCUT2D eigenvalue weighted by molar-refractivity contribution is 6.00. The molecule has 0 spiro atoms. The number of rotatable bonds is 9. The molecule has 1 saturated heterocycles. The van der Waals surface area contributed by atoms with E-state index in [0.29, 0.717) is 22.7 Å². The van der Waals surface area contributed by atoms with Gasteiger partial charge in [0, 0.05) is 36.4 Å². The van der Waals surface area contributed by atoms with Crippen molar-refractivity contribution in [1.29, 1.82) is 5.26 Å². The minimum Gasteiger partial charge on any atom is -0.494 e. The van der Waals surface area contributed by atoms with Gasteiger partial charge in [0.05, 0.1) is 50.3 Å². The van der Waals surface area contributed by atoms with Crippen molar-refractivity contribution in [3.8, 4) is 22.9 Å². The van der Waals surface area contributed by atoms with Crippen LogP contribution in [-0.2, 0) is 15.1 Å². The molecule has 3 amide bonds. The van der Waals surface area contributed by atoms with Gasteiger partial charge in [0.15, 0.2) is 11.5 Å². The molecule has 0 atom stereocenters. The number of likely N-dealkylation sites (tertiary alicyclic amines) is 1. The smallest absolute Gasteiger partial charge is 0.410 e. The molecule has 1 aromatic carbocycles. The molecule has 0 radical (unpaired) electrons.